The lowest BCUT2D eigenvalue weighted by Gasteiger charge is -2.37. The van der Waals surface area contributed by atoms with Crippen molar-refractivity contribution in [3.8, 4) is 0 Å². The smallest absolute Gasteiger partial charge is 0.305 e. The Morgan fingerprint density at radius 2 is 1.78 bits per heavy atom. The predicted octanol–water partition coefficient (Wildman–Crippen LogP) is 4.86. The van der Waals surface area contributed by atoms with E-state index in [0.717, 1.165) is 6.42 Å². The Balaban J connectivity index is 2.41. The molecule has 1 saturated carbocycles. The first-order valence-corrected chi connectivity index (χ1v) is 7.88. The molecule has 1 rings (SSSR count). The molecule has 0 amide bonds. The van der Waals surface area contributed by atoms with Crippen LogP contribution in [0.15, 0.2) is 0 Å². The van der Waals surface area contributed by atoms with Crippen LogP contribution in [0, 0.1) is 5.41 Å². The SMILES string of the molecule is CCCCCC1(CCC(=O)OCC)CCCCC1. The van der Waals surface area contributed by atoms with Gasteiger partial charge in [-0.25, -0.2) is 0 Å². The van der Waals surface area contributed by atoms with E-state index in [1.807, 2.05) is 6.92 Å². The van der Waals surface area contributed by atoms with Crippen LogP contribution >= 0.6 is 0 Å². The maximum atomic E-state index is 11.5. The summed E-state index contributed by atoms with van der Waals surface area (Å²) in [5.41, 5.74) is 0.459. The van der Waals surface area contributed by atoms with Gasteiger partial charge in [0.05, 0.1) is 6.61 Å². The standard InChI is InChI=1S/C16H30O2/c1-3-5-7-11-16(12-8-6-9-13-16)14-10-15(17)18-4-2/h3-14H2,1-2H3. The van der Waals surface area contributed by atoms with E-state index in [4.69, 9.17) is 4.74 Å². The molecule has 0 heterocycles. The van der Waals surface area contributed by atoms with Crippen LogP contribution in [0.1, 0.15) is 84.5 Å². The predicted molar refractivity (Wildman–Crippen MR) is 75.5 cm³/mol. The summed E-state index contributed by atoms with van der Waals surface area (Å²) in [6, 6.07) is 0. The van der Waals surface area contributed by atoms with Gasteiger partial charge >= 0.3 is 5.97 Å². The van der Waals surface area contributed by atoms with Gasteiger partial charge in [0.25, 0.3) is 0 Å². The van der Waals surface area contributed by atoms with Gasteiger partial charge in [-0.2, -0.15) is 0 Å². The molecule has 18 heavy (non-hydrogen) atoms. The van der Waals surface area contributed by atoms with Crippen molar-refractivity contribution in [3.63, 3.8) is 0 Å². The second-order valence-electron chi connectivity index (χ2n) is 5.82. The van der Waals surface area contributed by atoms with E-state index in [1.165, 1.54) is 57.8 Å². The summed E-state index contributed by atoms with van der Waals surface area (Å²) in [5, 5.41) is 0. The van der Waals surface area contributed by atoms with Crippen LogP contribution in [0.3, 0.4) is 0 Å². The van der Waals surface area contributed by atoms with Gasteiger partial charge in [0, 0.05) is 6.42 Å². The van der Waals surface area contributed by atoms with Crippen LogP contribution in [0.25, 0.3) is 0 Å². The van der Waals surface area contributed by atoms with Crippen molar-refractivity contribution in [1.82, 2.24) is 0 Å². The number of esters is 1. The zero-order valence-corrected chi connectivity index (χ0v) is 12.3. The van der Waals surface area contributed by atoms with Crippen molar-refractivity contribution >= 4 is 5.97 Å². The number of hydrogen-bond acceptors (Lipinski definition) is 2. The highest BCUT2D eigenvalue weighted by molar-refractivity contribution is 5.69. The highest BCUT2D eigenvalue weighted by atomic mass is 16.5. The van der Waals surface area contributed by atoms with E-state index >= 15 is 0 Å². The summed E-state index contributed by atoms with van der Waals surface area (Å²) in [6.45, 7) is 4.66. The Morgan fingerprint density at radius 1 is 1.06 bits per heavy atom. The monoisotopic (exact) mass is 254 g/mol. The van der Waals surface area contributed by atoms with E-state index in [2.05, 4.69) is 6.92 Å². The maximum Gasteiger partial charge on any atom is 0.305 e. The molecular formula is C16H30O2. The van der Waals surface area contributed by atoms with Gasteiger partial charge in [0.2, 0.25) is 0 Å². The van der Waals surface area contributed by atoms with Crippen molar-refractivity contribution in [2.45, 2.75) is 84.5 Å². The van der Waals surface area contributed by atoms with E-state index in [1.54, 1.807) is 0 Å². The van der Waals surface area contributed by atoms with Crippen molar-refractivity contribution in [3.05, 3.63) is 0 Å². The molecular weight excluding hydrogens is 224 g/mol. The Kier molecular flexibility index (Phi) is 7.38. The summed E-state index contributed by atoms with van der Waals surface area (Å²) in [4.78, 5) is 11.5. The Bertz CT molecular complexity index is 229. The van der Waals surface area contributed by atoms with Crippen molar-refractivity contribution in [2.24, 2.45) is 5.41 Å². The normalized spacial score (nSPS) is 18.6. The fourth-order valence-corrected chi connectivity index (χ4v) is 3.28. The van der Waals surface area contributed by atoms with Crippen molar-refractivity contribution in [2.75, 3.05) is 6.61 Å². The van der Waals surface area contributed by atoms with E-state index in [-0.39, 0.29) is 5.97 Å². The highest BCUT2D eigenvalue weighted by Crippen LogP contribution is 2.44. The number of ether oxygens (including phenoxy) is 1. The van der Waals surface area contributed by atoms with Crippen molar-refractivity contribution in [1.29, 1.82) is 0 Å². The van der Waals surface area contributed by atoms with Crippen LogP contribution in [0.5, 0.6) is 0 Å². The Hall–Kier alpha value is -0.530. The quantitative estimate of drug-likeness (QED) is 0.456. The highest BCUT2D eigenvalue weighted by Gasteiger charge is 2.31. The molecule has 0 aliphatic heterocycles. The zero-order valence-electron chi connectivity index (χ0n) is 12.3. The largest absolute Gasteiger partial charge is 0.466 e. The Morgan fingerprint density at radius 3 is 2.39 bits per heavy atom. The summed E-state index contributed by atoms with van der Waals surface area (Å²) in [7, 11) is 0. The van der Waals surface area contributed by atoms with E-state index in [9.17, 15) is 4.79 Å². The third-order valence-corrected chi connectivity index (χ3v) is 4.39. The molecule has 0 aromatic carbocycles. The van der Waals surface area contributed by atoms with Gasteiger partial charge < -0.3 is 4.74 Å². The van der Waals surface area contributed by atoms with E-state index < -0.39 is 0 Å². The molecule has 0 bridgehead atoms. The van der Waals surface area contributed by atoms with Gasteiger partial charge in [-0.15, -0.1) is 0 Å². The molecule has 0 radical (unpaired) electrons. The van der Waals surface area contributed by atoms with Gasteiger partial charge in [0.1, 0.15) is 0 Å². The molecule has 2 heteroatoms. The molecule has 0 aromatic rings. The lowest BCUT2D eigenvalue weighted by Crippen LogP contribution is -2.25. The number of unbranched alkanes of at least 4 members (excludes halogenated alkanes) is 2. The van der Waals surface area contributed by atoms with Crippen LogP contribution in [-0.4, -0.2) is 12.6 Å². The minimum absolute atomic E-state index is 0.00191. The first kappa shape index (κ1) is 15.5. The van der Waals surface area contributed by atoms with Crippen LogP contribution in [0.4, 0.5) is 0 Å². The molecule has 2 nitrogen and oxygen atoms in total. The van der Waals surface area contributed by atoms with Gasteiger partial charge in [-0.05, 0) is 38.0 Å². The fourth-order valence-electron chi connectivity index (χ4n) is 3.28. The summed E-state index contributed by atoms with van der Waals surface area (Å²) >= 11 is 0. The average Bonchev–Trinajstić information content (AvgIpc) is 2.39. The molecule has 1 aliphatic carbocycles. The first-order valence-electron chi connectivity index (χ1n) is 7.88. The topological polar surface area (TPSA) is 26.3 Å². The third kappa shape index (κ3) is 5.41. The van der Waals surface area contributed by atoms with Crippen molar-refractivity contribution < 1.29 is 9.53 Å². The van der Waals surface area contributed by atoms with Gasteiger partial charge in [0.15, 0.2) is 0 Å². The number of hydrogen-bond donors (Lipinski definition) is 0. The zero-order chi connectivity index (χ0) is 13.3. The van der Waals surface area contributed by atoms with Crippen LogP contribution in [0.2, 0.25) is 0 Å². The molecule has 0 spiro atoms. The summed E-state index contributed by atoms with van der Waals surface area (Å²) in [5.74, 6) is -0.00191. The lowest BCUT2D eigenvalue weighted by atomic mass is 9.68. The second-order valence-corrected chi connectivity index (χ2v) is 5.82. The molecule has 0 aromatic heterocycles. The van der Waals surface area contributed by atoms with Gasteiger partial charge in [-0.1, -0.05) is 45.4 Å². The summed E-state index contributed by atoms with van der Waals surface area (Å²) < 4.78 is 5.06. The molecule has 1 aliphatic rings. The minimum Gasteiger partial charge on any atom is -0.466 e. The number of rotatable bonds is 8. The molecule has 0 unspecified atom stereocenters. The molecule has 106 valence electrons. The average molecular weight is 254 g/mol. The summed E-state index contributed by atoms with van der Waals surface area (Å²) in [6.07, 6.45) is 13.7. The molecule has 1 fully saturated rings. The lowest BCUT2D eigenvalue weighted by molar-refractivity contribution is -0.144. The molecule has 0 atom stereocenters. The number of carbonyl (C=O) groups is 1. The fraction of sp³-hybridized carbons (Fsp3) is 0.938. The van der Waals surface area contributed by atoms with Crippen LogP contribution in [-0.2, 0) is 9.53 Å². The molecule has 0 saturated heterocycles. The minimum atomic E-state index is -0.00191. The van der Waals surface area contributed by atoms with Crippen LogP contribution < -0.4 is 0 Å². The molecule has 0 N–H and O–H groups in total. The first-order chi connectivity index (χ1) is 8.72. The second kappa shape index (κ2) is 8.55. The Labute approximate surface area is 112 Å². The third-order valence-electron chi connectivity index (χ3n) is 4.39. The van der Waals surface area contributed by atoms with Gasteiger partial charge in [-0.3, -0.25) is 4.79 Å². The van der Waals surface area contributed by atoms with E-state index in [0.29, 0.717) is 18.4 Å². The number of carbonyl (C=O) groups excluding carboxylic acids is 1. The maximum absolute atomic E-state index is 11.5.